The van der Waals surface area contributed by atoms with Crippen LogP contribution in [0.2, 0.25) is 5.02 Å². The van der Waals surface area contributed by atoms with Gasteiger partial charge in [0.15, 0.2) is 5.78 Å². The van der Waals surface area contributed by atoms with Crippen molar-refractivity contribution < 1.29 is 22.7 Å². The molecule has 94 valence electrons. The van der Waals surface area contributed by atoms with E-state index >= 15 is 0 Å². The minimum atomic E-state index is -4.68. The third kappa shape index (κ3) is 2.93. The van der Waals surface area contributed by atoms with Gasteiger partial charge in [-0.05, 0) is 12.1 Å². The molecule has 2 nitrogen and oxygen atoms in total. The number of hydrogen-bond donors (Lipinski definition) is 0. The van der Waals surface area contributed by atoms with Crippen molar-refractivity contribution in [3.8, 4) is 5.75 Å². The summed E-state index contributed by atoms with van der Waals surface area (Å²) in [4.78, 5) is 11.4. The number of methoxy groups -OCH3 is 1. The van der Waals surface area contributed by atoms with E-state index in [2.05, 4.69) is 20.7 Å². The molecule has 0 fully saturated rings. The van der Waals surface area contributed by atoms with Crippen molar-refractivity contribution in [1.82, 2.24) is 0 Å². The number of carbonyl (C=O) groups excluding carboxylic acids is 1. The molecule has 0 radical (unpaired) electrons. The van der Waals surface area contributed by atoms with Crippen LogP contribution in [-0.2, 0) is 6.18 Å². The van der Waals surface area contributed by atoms with Crippen molar-refractivity contribution >= 4 is 33.3 Å². The van der Waals surface area contributed by atoms with Gasteiger partial charge in [0.1, 0.15) is 11.3 Å². The highest BCUT2D eigenvalue weighted by Crippen LogP contribution is 2.42. The SMILES string of the molecule is COc1c(C(=O)CBr)ccc(Cl)c1C(F)(F)F. The highest BCUT2D eigenvalue weighted by atomic mass is 79.9. The number of halogens is 5. The van der Waals surface area contributed by atoms with E-state index in [0.717, 1.165) is 13.2 Å². The van der Waals surface area contributed by atoms with Crippen LogP contribution in [0.25, 0.3) is 0 Å². The van der Waals surface area contributed by atoms with Gasteiger partial charge in [-0.3, -0.25) is 4.79 Å². The van der Waals surface area contributed by atoms with Gasteiger partial charge in [-0.15, -0.1) is 0 Å². The predicted molar refractivity (Wildman–Crippen MR) is 61.1 cm³/mol. The van der Waals surface area contributed by atoms with E-state index in [0.29, 0.717) is 0 Å². The van der Waals surface area contributed by atoms with Crippen LogP contribution in [-0.4, -0.2) is 18.2 Å². The first-order chi connectivity index (χ1) is 7.82. The van der Waals surface area contributed by atoms with Crippen molar-refractivity contribution in [1.29, 1.82) is 0 Å². The monoisotopic (exact) mass is 330 g/mol. The topological polar surface area (TPSA) is 26.3 Å². The minimum Gasteiger partial charge on any atom is -0.495 e. The molecule has 0 aromatic heterocycles. The first-order valence-electron chi connectivity index (χ1n) is 4.35. The molecule has 0 amide bonds. The zero-order chi connectivity index (χ0) is 13.2. The first-order valence-corrected chi connectivity index (χ1v) is 5.85. The second-order valence-corrected chi connectivity index (χ2v) is 4.03. The molecule has 0 aliphatic carbocycles. The molecule has 17 heavy (non-hydrogen) atoms. The first kappa shape index (κ1) is 14.3. The van der Waals surface area contributed by atoms with Gasteiger partial charge < -0.3 is 4.74 Å². The van der Waals surface area contributed by atoms with Crippen LogP contribution >= 0.6 is 27.5 Å². The normalized spacial score (nSPS) is 11.4. The molecule has 0 saturated heterocycles. The van der Waals surface area contributed by atoms with Crippen LogP contribution in [0, 0.1) is 0 Å². The maximum atomic E-state index is 12.8. The average molecular weight is 332 g/mol. The lowest BCUT2D eigenvalue weighted by molar-refractivity contribution is -0.138. The van der Waals surface area contributed by atoms with Gasteiger partial charge in [-0.2, -0.15) is 13.2 Å². The van der Waals surface area contributed by atoms with Crippen LogP contribution in [0.1, 0.15) is 15.9 Å². The Labute approximate surface area is 109 Å². The number of alkyl halides is 4. The fourth-order valence-electron chi connectivity index (χ4n) is 1.33. The van der Waals surface area contributed by atoms with Crippen molar-refractivity contribution in [3.63, 3.8) is 0 Å². The summed E-state index contributed by atoms with van der Waals surface area (Å²) in [6.45, 7) is 0. The number of carbonyl (C=O) groups is 1. The number of Topliss-reactive ketones (excluding diaryl/α,β-unsaturated/α-hetero) is 1. The predicted octanol–water partition coefficient (Wildman–Crippen LogP) is 3.95. The lowest BCUT2D eigenvalue weighted by Crippen LogP contribution is -2.12. The Bertz CT molecular complexity index is 446. The highest BCUT2D eigenvalue weighted by Gasteiger charge is 2.38. The summed E-state index contributed by atoms with van der Waals surface area (Å²) in [5, 5.41) is -0.595. The van der Waals surface area contributed by atoms with Gasteiger partial charge in [0.25, 0.3) is 0 Å². The van der Waals surface area contributed by atoms with Gasteiger partial charge in [-0.1, -0.05) is 27.5 Å². The average Bonchev–Trinajstić information content (AvgIpc) is 2.25. The summed E-state index contributed by atoms with van der Waals surface area (Å²) in [5.74, 6) is -1.06. The fourth-order valence-corrected chi connectivity index (χ4v) is 1.88. The molecule has 0 aliphatic rings. The molecule has 0 heterocycles. The van der Waals surface area contributed by atoms with E-state index in [4.69, 9.17) is 11.6 Å². The zero-order valence-electron chi connectivity index (χ0n) is 8.57. The van der Waals surface area contributed by atoms with E-state index in [-0.39, 0.29) is 10.9 Å². The molecule has 1 aromatic carbocycles. The molecule has 1 rings (SSSR count). The summed E-state index contributed by atoms with van der Waals surface area (Å²) in [6, 6.07) is 2.24. The molecule has 0 unspecified atom stereocenters. The Kier molecular flexibility index (Phi) is 4.43. The summed E-state index contributed by atoms with van der Waals surface area (Å²) in [6.07, 6.45) is -4.68. The van der Waals surface area contributed by atoms with Gasteiger partial charge in [0, 0.05) is 0 Å². The quantitative estimate of drug-likeness (QED) is 0.619. The Balaban J connectivity index is 3.53. The Morgan fingerprint density at radius 2 is 2.06 bits per heavy atom. The summed E-state index contributed by atoms with van der Waals surface area (Å²) < 4.78 is 42.9. The number of rotatable bonds is 3. The maximum Gasteiger partial charge on any atom is 0.421 e. The van der Waals surface area contributed by atoms with Crippen molar-refractivity contribution in [3.05, 3.63) is 28.3 Å². The molecule has 7 heteroatoms. The number of hydrogen-bond acceptors (Lipinski definition) is 2. The van der Waals surface area contributed by atoms with E-state index in [1.165, 1.54) is 6.07 Å². The molecular weight excluding hydrogens is 324 g/mol. The van der Waals surface area contributed by atoms with E-state index in [9.17, 15) is 18.0 Å². The molecule has 1 aromatic rings. The number of benzene rings is 1. The maximum absolute atomic E-state index is 12.8. The highest BCUT2D eigenvalue weighted by molar-refractivity contribution is 9.09. The standard InChI is InChI=1S/C10H7BrClF3O2/c1-17-9-5(7(16)4-11)2-3-6(12)8(9)10(13,14)15/h2-3H,4H2,1H3. The second-order valence-electron chi connectivity index (χ2n) is 3.06. The van der Waals surface area contributed by atoms with Gasteiger partial charge in [0.2, 0.25) is 0 Å². The molecule has 0 saturated carbocycles. The van der Waals surface area contributed by atoms with Crippen LogP contribution in [0.5, 0.6) is 5.75 Å². The molecule has 0 N–H and O–H groups in total. The fraction of sp³-hybridized carbons (Fsp3) is 0.300. The van der Waals surface area contributed by atoms with Crippen LogP contribution in [0.15, 0.2) is 12.1 Å². The third-order valence-electron chi connectivity index (χ3n) is 2.02. The van der Waals surface area contributed by atoms with Gasteiger partial charge in [-0.25, -0.2) is 0 Å². The van der Waals surface area contributed by atoms with Gasteiger partial charge in [0.05, 0.1) is 23.0 Å². The minimum absolute atomic E-state index is 0.0950. The van der Waals surface area contributed by atoms with Gasteiger partial charge >= 0.3 is 6.18 Å². The zero-order valence-corrected chi connectivity index (χ0v) is 10.9. The third-order valence-corrected chi connectivity index (χ3v) is 2.84. The number of ketones is 1. The summed E-state index contributed by atoms with van der Waals surface area (Å²) in [7, 11) is 1.06. The van der Waals surface area contributed by atoms with Crippen LogP contribution in [0.4, 0.5) is 13.2 Å². The van der Waals surface area contributed by atoms with E-state index in [1.807, 2.05) is 0 Å². The van der Waals surface area contributed by atoms with Crippen LogP contribution in [0.3, 0.4) is 0 Å². The second kappa shape index (κ2) is 5.27. The summed E-state index contributed by atoms with van der Waals surface area (Å²) >= 11 is 8.38. The van der Waals surface area contributed by atoms with Crippen molar-refractivity contribution in [2.45, 2.75) is 6.18 Å². The van der Waals surface area contributed by atoms with Crippen LogP contribution < -0.4 is 4.74 Å². The smallest absolute Gasteiger partial charge is 0.421 e. The lowest BCUT2D eigenvalue weighted by atomic mass is 10.1. The molecule has 0 atom stereocenters. The Morgan fingerprint density at radius 3 is 2.47 bits per heavy atom. The van der Waals surface area contributed by atoms with Crippen molar-refractivity contribution in [2.75, 3.05) is 12.4 Å². The van der Waals surface area contributed by atoms with E-state index in [1.54, 1.807) is 0 Å². The lowest BCUT2D eigenvalue weighted by Gasteiger charge is -2.16. The summed E-state index contributed by atoms with van der Waals surface area (Å²) in [5.41, 5.74) is -1.28. The Morgan fingerprint density at radius 1 is 1.47 bits per heavy atom. The van der Waals surface area contributed by atoms with E-state index < -0.39 is 28.3 Å². The molecule has 0 bridgehead atoms. The number of ether oxygens (including phenoxy) is 1. The molecule has 0 aliphatic heterocycles. The Hall–Kier alpha value is -0.750. The largest absolute Gasteiger partial charge is 0.495 e. The molecule has 0 spiro atoms. The molecular formula is C10H7BrClF3O2. The van der Waals surface area contributed by atoms with Crippen molar-refractivity contribution in [2.24, 2.45) is 0 Å².